The quantitative estimate of drug-likeness (QED) is 0.759. The molecule has 82 valence electrons. The molecule has 1 N–H and O–H groups in total. The Bertz CT molecular complexity index is 347. The van der Waals surface area contributed by atoms with Crippen LogP contribution >= 0.6 is 12.2 Å². The molecule has 0 aromatic carbocycles. The molecule has 15 heavy (non-hydrogen) atoms. The van der Waals surface area contributed by atoms with Gasteiger partial charge in [-0.2, -0.15) is 0 Å². The molecule has 2 rings (SSSR count). The Morgan fingerprint density at radius 3 is 3.27 bits per heavy atom. The van der Waals surface area contributed by atoms with Crippen molar-refractivity contribution in [1.82, 2.24) is 19.8 Å². The van der Waals surface area contributed by atoms with Crippen LogP contribution in [0.1, 0.15) is 19.2 Å². The molecule has 0 amide bonds. The molecular weight excluding hydrogens is 208 g/mol. The summed E-state index contributed by atoms with van der Waals surface area (Å²) in [5.74, 6) is 1.10. The Morgan fingerprint density at radius 1 is 1.60 bits per heavy atom. The van der Waals surface area contributed by atoms with Gasteiger partial charge in [0.05, 0.1) is 6.54 Å². The third-order valence-electron chi connectivity index (χ3n) is 2.56. The van der Waals surface area contributed by atoms with Gasteiger partial charge in [0.1, 0.15) is 5.82 Å². The van der Waals surface area contributed by atoms with Gasteiger partial charge in [0.15, 0.2) is 5.11 Å². The van der Waals surface area contributed by atoms with Gasteiger partial charge in [-0.25, -0.2) is 4.98 Å². The fourth-order valence-corrected chi connectivity index (χ4v) is 1.95. The van der Waals surface area contributed by atoms with Crippen LogP contribution in [0.15, 0.2) is 12.4 Å². The molecule has 4 nitrogen and oxygen atoms in total. The fourth-order valence-electron chi connectivity index (χ4n) is 1.69. The summed E-state index contributed by atoms with van der Waals surface area (Å²) in [5, 5.41) is 4.10. The van der Waals surface area contributed by atoms with E-state index in [4.69, 9.17) is 12.2 Å². The van der Waals surface area contributed by atoms with Gasteiger partial charge in [0.25, 0.3) is 0 Å². The van der Waals surface area contributed by atoms with Crippen molar-refractivity contribution in [2.75, 3.05) is 13.1 Å². The van der Waals surface area contributed by atoms with Crippen molar-refractivity contribution in [3.63, 3.8) is 0 Å². The molecule has 0 aliphatic carbocycles. The summed E-state index contributed by atoms with van der Waals surface area (Å²) in [6.07, 6.45) is 4.97. The molecule has 1 aromatic rings. The lowest BCUT2D eigenvalue weighted by molar-refractivity contribution is 0.326. The highest BCUT2D eigenvalue weighted by atomic mass is 32.1. The summed E-state index contributed by atoms with van der Waals surface area (Å²) in [6, 6.07) is 0. The van der Waals surface area contributed by atoms with E-state index in [1.165, 1.54) is 0 Å². The molecule has 1 aliphatic rings. The number of thiocarbonyl (C=S) groups is 1. The minimum atomic E-state index is 0.822. The SMILES string of the molecule is CCCNC(=S)N1CCn2ccnc2C1. The minimum Gasteiger partial charge on any atom is -0.363 e. The number of hydrogen-bond donors (Lipinski definition) is 1. The van der Waals surface area contributed by atoms with E-state index < -0.39 is 0 Å². The molecular formula is C10H16N4S. The summed E-state index contributed by atoms with van der Waals surface area (Å²) in [4.78, 5) is 6.48. The molecule has 0 radical (unpaired) electrons. The monoisotopic (exact) mass is 224 g/mol. The highest BCUT2D eigenvalue weighted by Crippen LogP contribution is 2.09. The second kappa shape index (κ2) is 4.61. The smallest absolute Gasteiger partial charge is 0.169 e. The normalized spacial score (nSPS) is 14.9. The third-order valence-corrected chi connectivity index (χ3v) is 2.96. The van der Waals surface area contributed by atoms with Crippen molar-refractivity contribution in [1.29, 1.82) is 0 Å². The summed E-state index contributed by atoms with van der Waals surface area (Å²) < 4.78 is 2.18. The Labute approximate surface area is 95.3 Å². The van der Waals surface area contributed by atoms with Crippen molar-refractivity contribution in [2.45, 2.75) is 26.4 Å². The van der Waals surface area contributed by atoms with Gasteiger partial charge >= 0.3 is 0 Å². The second-order valence-electron chi connectivity index (χ2n) is 3.69. The van der Waals surface area contributed by atoms with Crippen molar-refractivity contribution in [3.8, 4) is 0 Å². The summed E-state index contributed by atoms with van der Waals surface area (Å²) in [7, 11) is 0. The van der Waals surface area contributed by atoms with Gasteiger partial charge in [0, 0.05) is 32.0 Å². The van der Waals surface area contributed by atoms with Gasteiger partial charge in [-0.1, -0.05) is 6.92 Å². The zero-order chi connectivity index (χ0) is 10.7. The van der Waals surface area contributed by atoms with Gasteiger partial charge in [-0.3, -0.25) is 0 Å². The van der Waals surface area contributed by atoms with Crippen LogP contribution in [0.2, 0.25) is 0 Å². The number of aromatic nitrogens is 2. The first-order valence-corrected chi connectivity index (χ1v) is 5.75. The predicted octanol–water partition coefficient (Wildman–Crippen LogP) is 0.983. The van der Waals surface area contributed by atoms with Gasteiger partial charge < -0.3 is 14.8 Å². The highest BCUT2D eigenvalue weighted by molar-refractivity contribution is 7.80. The first-order chi connectivity index (χ1) is 7.31. The van der Waals surface area contributed by atoms with Crippen LogP contribution in [-0.2, 0) is 13.1 Å². The Balaban J connectivity index is 1.94. The zero-order valence-electron chi connectivity index (χ0n) is 8.94. The average Bonchev–Trinajstić information content (AvgIpc) is 2.72. The van der Waals surface area contributed by atoms with Crippen LogP contribution in [0.4, 0.5) is 0 Å². The zero-order valence-corrected chi connectivity index (χ0v) is 9.76. The maximum absolute atomic E-state index is 5.32. The lowest BCUT2D eigenvalue weighted by Crippen LogP contribution is -2.44. The van der Waals surface area contributed by atoms with E-state index in [2.05, 4.69) is 26.7 Å². The van der Waals surface area contributed by atoms with E-state index in [9.17, 15) is 0 Å². The number of imidazole rings is 1. The molecule has 0 bridgehead atoms. The lowest BCUT2D eigenvalue weighted by atomic mass is 10.4. The molecule has 1 aromatic heterocycles. The van der Waals surface area contributed by atoms with Crippen molar-refractivity contribution in [3.05, 3.63) is 18.2 Å². The number of nitrogens with zero attached hydrogens (tertiary/aromatic N) is 3. The molecule has 0 fully saturated rings. The molecule has 0 atom stereocenters. The average molecular weight is 224 g/mol. The van der Waals surface area contributed by atoms with Crippen LogP contribution in [0.25, 0.3) is 0 Å². The molecule has 5 heteroatoms. The van der Waals surface area contributed by atoms with E-state index in [1.807, 2.05) is 12.4 Å². The maximum atomic E-state index is 5.32. The minimum absolute atomic E-state index is 0.822. The van der Waals surface area contributed by atoms with Crippen molar-refractivity contribution >= 4 is 17.3 Å². The molecule has 0 saturated heterocycles. The fraction of sp³-hybridized carbons (Fsp3) is 0.600. The van der Waals surface area contributed by atoms with Crippen LogP contribution in [0.5, 0.6) is 0 Å². The van der Waals surface area contributed by atoms with Gasteiger partial charge in [-0.05, 0) is 18.6 Å². The van der Waals surface area contributed by atoms with Crippen LogP contribution in [-0.4, -0.2) is 32.7 Å². The first kappa shape index (κ1) is 10.4. The molecule has 0 spiro atoms. The molecule has 0 saturated carbocycles. The van der Waals surface area contributed by atoms with Gasteiger partial charge in [-0.15, -0.1) is 0 Å². The third kappa shape index (κ3) is 2.28. The number of nitrogens with one attached hydrogen (secondary N) is 1. The summed E-state index contributed by atoms with van der Waals surface area (Å²) in [5.41, 5.74) is 0. The number of rotatable bonds is 2. The maximum Gasteiger partial charge on any atom is 0.169 e. The van der Waals surface area contributed by atoms with Gasteiger partial charge in [0.2, 0.25) is 0 Å². The van der Waals surface area contributed by atoms with E-state index in [1.54, 1.807) is 0 Å². The van der Waals surface area contributed by atoms with Crippen LogP contribution in [0, 0.1) is 0 Å². The number of hydrogen-bond acceptors (Lipinski definition) is 2. The summed E-state index contributed by atoms with van der Waals surface area (Å²) in [6.45, 7) is 5.85. The standard InChI is InChI=1S/C10H16N4S/c1-2-3-12-10(15)14-7-6-13-5-4-11-9(13)8-14/h4-5H,2-3,6-8H2,1H3,(H,12,15). The van der Waals surface area contributed by atoms with E-state index >= 15 is 0 Å². The first-order valence-electron chi connectivity index (χ1n) is 5.34. The van der Waals surface area contributed by atoms with E-state index in [0.717, 1.165) is 43.5 Å². The molecule has 0 unspecified atom stereocenters. The van der Waals surface area contributed by atoms with E-state index in [-0.39, 0.29) is 0 Å². The van der Waals surface area contributed by atoms with Crippen LogP contribution in [0.3, 0.4) is 0 Å². The Kier molecular flexibility index (Phi) is 3.20. The lowest BCUT2D eigenvalue weighted by Gasteiger charge is -2.30. The topological polar surface area (TPSA) is 33.1 Å². The second-order valence-corrected chi connectivity index (χ2v) is 4.08. The Hall–Kier alpha value is -1.10. The van der Waals surface area contributed by atoms with Crippen molar-refractivity contribution < 1.29 is 0 Å². The highest BCUT2D eigenvalue weighted by Gasteiger charge is 2.17. The van der Waals surface area contributed by atoms with Crippen molar-refractivity contribution in [2.24, 2.45) is 0 Å². The number of fused-ring (bicyclic) bond motifs is 1. The molecule has 2 heterocycles. The van der Waals surface area contributed by atoms with E-state index in [0.29, 0.717) is 0 Å². The predicted molar refractivity (Wildman–Crippen MR) is 63.5 cm³/mol. The van der Waals surface area contributed by atoms with Crippen LogP contribution < -0.4 is 5.32 Å². The Morgan fingerprint density at radius 2 is 2.47 bits per heavy atom. The molecule has 1 aliphatic heterocycles. The largest absolute Gasteiger partial charge is 0.363 e. The summed E-state index contributed by atoms with van der Waals surface area (Å²) >= 11 is 5.32.